The first kappa shape index (κ1) is 14.7. The maximum Gasteiger partial charge on any atom is 0.161 e. The molecule has 0 aliphatic rings. The minimum atomic E-state index is 0.400. The fourth-order valence-corrected chi connectivity index (χ4v) is 2.17. The average molecular weight is 292 g/mol. The Bertz CT molecular complexity index is 599. The molecule has 0 aliphatic carbocycles. The second-order valence-electron chi connectivity index (χ2n) is 4.57. The first-order chi connectivity index (χ1) is 9.63. The molecule has 0 atom stereocenters. The molecule has 2 rings (SSSR count). The molecule has 0 bridgehead atoms. The van der Waals surface area contributed by atoms with Crippen LogP contribution in [0, 0.1) is 6.92 Å². The lowest BCUT2D eigenvalue weighted by molar-refractivity contribution is 0.284. The Kier molecular flexibility index (Phi) is 4.88. The number of methoxy groups -OCH3 is 1. The maximum absolute atomic E-state index is 6.19. The molecule has 2 aromatic carbocycles. The first-order valence-electron chi connectivity index (χ1n) is 6.39. The van der Waals surface area contributed by atoms with Crippen molar-refractivity contribution in [3.63, 3.8) is 0 Å². The molecule has 3 nitrogen and oxygen atoms in total. The van der Waals surface area contributed by atoms with Gasteiger partial charge in [-0.15, -0.1) is 0 Å². The first-order valence-corrected chi connectivity index (χ1v) is 6.76. The summed E-state index contributed by atoms with van der Waals surface area (Å²) < 4.78 is 11.1. The normalized spacial score (nSPS) is 10.4. The van der Waals surface area contributed by atoms with Gasteiger partial charge in [-0.25, -0.2) is 0 Å². The van der Waals surface area contributed by atoms with Gasteiger partial charge in [-0.1, -0.05) is 29.8 Å². The Labute approximate surface area is 124 Å². The van der Waals surface area contributed by atoms with E-state index in [4.69, 9.17) is 26.8 Å². The van der Waals surface area contributed by atoms with Crippen LogP contribution in [-0.4, -0.2) is 7.11 Å². The average Bonchev–Trinajstić information content (AvgIpc) is 2.46. The molecule has 0 saturated carbocycles. The molecule has 0 fully saturated rings. The summed E-state index contributed by atoms with van der Waals surface area (Å²) >= 11 is 6.19. The van der Waals surface area contributed by atoms with Crippen molar-refractivity contribution in [3.8, 4) is 11.5 Å². The van der Waals surface area contributed by atoms with Gasteiger partial charge in [-0.3, -0.25) is 0 Å². The summed E-state index contributed by atoms with van der Waals surface area (Å²) in [5, 5.41) is 0.711. The van der Waals surface area contributed by atoms with Crippen molar-refractivity contribution in [2.45, 2.75) is 20.1 Å². The van der Waals surface area contributed by atoms with E-state index in [1.165, 1.54) is 0 Å². The Morgan fingerprint density at radius 3 is 2.55 bits per heavy atom. The summed E-state index contributed by atoms with van der Waals surface area (Å²) in [5.41, 5.74) is 8.69. The summed E-state index contributed by atoms with van der Waals surface area (Å²) in [6, 6.07) is 11.6. The smallest absolute Gasteiger partial charge is 0.161 e. The molecule has 0 radical (unpaired) electrons. The van der Waals surface area contributed by atoms with Crippen molar-refractivity contribution in [3.05, 3.63) is 58.1 Å². The molecule has 0 spiro atoms. The van der Waals surface area contributed by atoms with E-state index < -0.39 is 0 Å². The highest BCUT2D eigenvalue weighted by Gasteiger charge is 2.07. The number of hydrogen-bond donors (Lipinski definition) is 1. The summed E-state index contributed by atoms with van der Waals surface area (Å²) in [6.07, 6.45) is 0. The van der Waals surface area contributed by atoms with Crippen LogP contribution in [0.4, 0.5) is 0 Å². The van der Waals surface area contributed by atoms with Gasteiger partial charge in [0.25, 0.3) is 0 Å². The van der Waals surface area contributed by atoms with Gasteiger partial charge in [0, 0.05) is 17.1 Å². The summed E-state index contributed by atoms with van der Waals surface area (Å²) in [7, 11) is 1.61. The Morgan fingerprint density at radius 1 is 1.10 bits per heavy atom. The third-order valence-electron chi connectivity index (χ3n) is 3.06. The van der Waals surface area contributed by atoms with Crippen molar-refractivity contribution in [1.29, 1.82) is 0 Å². The van der Waals surface area contributed by atoms with Crippen LogP contribution in [0.5, 0.6) is 11.5 Å². The Balaban J connectivity index is 2.14. The Hall–Kier alpha value is -1.71. The zero-order valence-electron chi connectivity index (χ0n) is 11.7. The molecular weight excluding hydrogens is 274 g/mol. The molecule has 2 aromatic rings. The number of benzene rings is 2. The highest BCUT2D eigenvalue weighted by molar-refractivity contribution is 6.31. The SMILES string of the molecule is COc1cc(CN)ccc1OCc1ccc(C)cc1Cl. The topological polar surface area (TPSA) is 44.5 Å². The molecule has 0 unspecified atom stereocenters. The van der Waals surface area contributed by atoms with Crippen molar-refractivity contribution in [2.75, 3.05) is 7.11 Å². The van der Waals surface area contributed by atoms with Crippen molar-refractivity contribution in [1.82, 2.24) is 0 Å². The molecule has 2 N–H and O–H groups in total. The van der Waals surface area contributed by atoms with Gasteiger partial charge in [-0.05, 0) is 36.2 Å². The second-order valence-corrected chi connectivity index (χ2v) is 4.98. The van der Waals surface area contributed by atoms with Gasteiger partial charge in [-0.2, -0.15) is 0 Å². The van der Waals surface area contributed by atoms with Gasteiger partial charge >= 0.3 is 0 Å². The standard InChI is InChI=1S/C16H18ClNO2/c1-11-3-5-13(14(17)7-11)10-20-15-6-4-12(9-18)8-16(15)19-2/h3-8H,9-10,18H2,1-2H3. The molecule has 0 saturated heterocycles. The monoisotopic (exact) mass is 291 g/mol. The fourth-order valence-electron chi connectivity index (χ4n) is 1.88. The lowest BCUT2D eigenvalue weighted by Crippen LogP contribution is -2.01. The van der Waals surface area contributed by atoms with E-state index in [0.29, 0.717) is 29.7 Å². The van der Waals surface area contributed by atoms with E-state index >= 15 is 0 Å². The lowest BCUT2D eigenvalue weighted by atomic mass is 10.1. The van der Waals surface area contributed by atoms with Crippen LogP contribution in [0.2, 0.25) is 5.02 Å². The van der Waals surface area contributed by atoms with Gasteiger partial charge < -0.3 is 15.2 Å². The molecule has 0 heterocycles. The zero-order valence-corrected chi connectivity index (χ0v) is 12.4. The predicted octanol–water partition coefficient (Wildman–Crippen LogP) is 3.69. The van der Waals surface area contributed by atoms with E-state index in [2.05, 4.69) is 0 Å². The third-order valence-corrected chi connectivity index (χ3v) is 3.41. The summed E-state index contributed by atoms with van der Waals surface area (Å²) in [5.74, 6) is 1.36. The fraction of sp³-hybridized carbons (Fsp3) is 0.250. The quantitative estimate of drug-likeness (QED) is 0.913. The van der Waals surface area contributed by atoms with Crippen molar-refractivity contribution >= 4 is 11.6 Å². The maximum atomic E-state index is 6.19. The van der Waals surface area contributed by atoms with Crippen LogP contribution in [0.15, 0.2) is 36.4 Å². The van der Waals surface area contributed by atoms with E-state index in [9.17, 15) is 0 Å². The molecule has 0 amide bonds. The second kappa shape index (κ2) is 6.64. The predicted molar refractivity (Wildman–Crippen MR) is 81.4 cm³/mol. The van der Waals surface area contributed by atoms with Crippen LogP contribution in [-0.2, 0) is 13.2 Å². The number of ether oxygens (including phenoxy) is 2. The van der Waals surface area contributed by atoms with Crippen LogP contribution in [0.1, 0.15) is 16.7 Å². The van der Waals surface area contributed by atoms with Gasteiger partial charge in [0.1, 0.15) is 6.61 Å². The number of rotatable bonds is 5. The highest BCUT2D eigenvalue weighted by Crippen LogP contribution is 2.29. The number of nitrogens with two attached hydrogens (primary N) is 1. The van der Waals surface area contributed by atoms with Crippen LogP contribution >= 0.6 is 11.6 Å². The molecule has 20 heavy (non-hydrogen) atoms. The van der Waals surface area contributed by atoms with E-state index in [1.807, 2.05) is 43.3 Å². The van der Waals surface area contributed by atoms with Gasteiger partial charge in [0.05, 0.1) is 7.11 Å². The zero-order chi connectivity index (χ0) is 14.5. The van der Waals surface area contributed by atoms with E-state index in [0.717, 1.165) is 16.7 Å². The Morgan fingerprint density at radius 2 is 1.90 bits per heavy atom. The van der Waals surface area contributed by atoms with Gasteiger partial charge in [0.15, 0.2) is 11.5 Å². The van der Waals surface area contributed by atoms with E-state index in [-0.39, 0.29) is 0 Å². The van der Waals surface area contributed by atoms with Crippen molar-refractivity contribution in [2.24, 2.45) is 5.73 Å². The van der Waals surface area contributed by atoms with E-state index in [1.54, 1.807) is 7.11 Å². The largest absolute Gasteiger partial charge is 0.493 e. The van der Waals surface area contributed by atoms with Gasteiger partial charge in [0.2, 0.25) is 0 Å². The molecule has 4 heteroatoms. The minimum absolute atomic E-state index is 0.400. The molecule has 106 valence electrons. The van der Waals surface area contributed by atoms with Crippen LogP contribution in [0.3, 0.4) is 0 Å². The van der Waals surface area contributed by atoms with Crippen LogP contribution in [0.25, 0.3) is 0 Å². The molecule has 0 aliphatic heterocycles. The number of hydrogen-bond acceptors (Lipinski definition) is 3. The number of halogens is 1. The highest BCUT2D eigenvalue weighted by atomic mass is 35.5. The summed E-state index contributed by atoms with van der Waals surface area (Å²) in [6.45, 7) is 2.88. The molecule has 0 aromatic heterocycles. The lowest BCUT2D eigenvalue weighted by Gasteiger charge is -2.12. The molecular formula is C16H18ClNO2. The van der Waals surface area contributed by atoms with Crippen LogP contribution < -0.4 is 15.2 Å². The summed E-state index contributed by atoms with van der Waals surface area (Å²) in [4.78, 5) is 0. The number of aryl methyl sites for hydroxylation is 1. The minimum Gasteiger partial charge on any atom is -0.493 e. The van der Waals surface area contributed by atoms with Crippen molar-refractivity contribution < 1.29 is 9.47 Å². The third kappa shape index (κ3) is 3.44.